The van der Waals surface area contributed by atoms with Gasteiger partial charge >= 0.3 is 0 Å². The highest BCUT2D eigenvalue weighted by Gasteiger charge is 2.23. The van der Waals surface area contributed by atoms with Crippen molar-refractivity contribution in [3.63, 3.8) is 0 Å². The SMILES string of the molecule is NC(=O)c1c(-c2c(Cl)cccc2Cl)nc2c3cc(-c4ccc(C=O)nc4)cnc3ccn12. The van der Waals surface area contributed by atoms with Crippen LogP contribution in [0.5, 0.6) is 0 Å². The van der Waals surface area contributed by atoms with Gasteiger partial charge in [0.05, 0.1) is 15.6 Å². The van der Waals surface area contributed by atoms with E-state index in [1.165, 1.54) is 0 Å². The maximum Gasteiger partial charge on any atom is 0.268 e. The first-order valence-corrected chi connectivity index (χ1v) is 10.2. The predicted octanol–water partition coefficient (Wildman–Crippen LogP) is 4.83. The molecule has 0 aliphatic carbocycles. The van der Waals surface area contributed by atoms with Gasteiger partial charge in [0.2, 0.25) is 0 Å². The number of carbonyl (C=O) groups is 2. The molecule has 7 nitrogen and oxygen atoms in total. The van der Waals surface area contributed by atoms with Gasteiger partial charge in [0.15, 0.2) is 6.29 Å². The van der Waals surface area contributed by atoms with Gasteiger partial charge in [-0.25, -0.2) is 4.98 Å². The Bertz CT molecular complexity index is 1520. The maximum atomic E-state index is 12.4. The molecule has 1 amide bonds. The molecule has 0 bridgehead atoms. The topological polar surface area (TPSA) is 103 Å². The van der Waals surface area contributed by atoms with Crippen LogP contribution in [0.2, 0.25) is 10.0 Å². The quantitative estimate of drug-likeness (QED) is 0.386. The number of nitrogens with two attached hydrogens (primary N) is 1. The summed E-state index contributed by atoms with van der Waals surface area (Å²) in [7, 11) is 0. The zero-order valence-corrected chi connectivity index (χ0v) is 17.8. The molecule has 5 rings (SSSR count). The Morgan fingerprint density at radius 1 is 1.00 bits per heavy atom. The number of imidazole rings is 1. The number of fused-ring (bicyclic) bond motifs is 3. The third-order valence-electron chi connectivity index (χ3n) is 5.13. The summed E-state index contributed by atoms with van der Waals surface area (Å²) in [4.78, 5) is 36.6. The van der Waals surface area contributed by atoms with Crippen molar-refractivity contribution in [2.24, 2.45) is 5.73 Å². The number of carbonyl (C=O) groups excluding carboxylic acids is 2. The number of primary amides is 1. The maximum absolute atomic E-state index is 12.4. The standard InChI is InChI=1S/C23H13Cl2N5O2/c24-16-2-1-3-17(25)19(16)20-21(22(26)32)30-7-6-18-15(23(30)29-20)8-13(10-28-18)12-4-5-14(11-31)27-9-12/h1-11H,(H2,26,32). The van der Waals surface area contributed by atoms with Crippen molar-refractivity contribution in [3.8, 4) is 22.4 Å². The van der Waals surface area contributed by atoms with Crippen molar-refractivity contribution < 1.29 is 9.59 Å². The van der Waals surface area contributed by atoms with Crippen molar-refractivity contribution >= 4 is 51.9 Å². The summed E-state index contributed by atoms with van der Waals surface area (Å²) in [6.45, 7) is 0. The number of hydrogen-bond acceptors (Lipinski definition) is 5. The third kappa shape index (κ3) is 3.19. The Morgan fingerprint density at radius 3 is 2.41 bits per heavy atom. The van der Waals surface area contributed by atoms with Gasteiger partial charge < -0.3 is 5.73 Å². The van der Waals surface area contributed by atoms with Crippen molar-refractivity contribution in [2.45, 2.75) is 0 Å². The first kappa shape index (κ1) is 20.1. The fourth-order valence-electron chi connectivity index (χ4n) is 3.64. The molecule has 5 aromatic rings. The van der Waals surface area contributed by atoms with Crippen LogP contribution < -0.4 is 5.73 Å². The smallest absolute Gasteiger partial charge is 0.268 e. The van der Waals surface area contributed by atoms with Crippen LogP contribution >= 0.6 is 23.2 Å². The Hall–Kier alpha value is -3.81. The summed E-state index contributed by atoms with van der Waals surface area (Å²) in [5.41, 5.74) is 9.66. The van der Waals surface area contributed by atoms with Gasteiger partial charge in [-0.2, -0.15) is 0 Å². The second-order valence-electron chi connectivity index (χ2n) is 7.03. The second kappa shape index (κ2) is 7.71. The van der Waals surface area contributed by atoms with Crippen molar-refractivity contribution in [2.75, 3.05) is 0 Å². The average molecular weight is 462 g/mol. The molecular weight excluding hydrogens is 449 g/mol. The monoisotopic (exact) mass is 461 g/mol. The molecule has 0 saturated carbocycles. The van der Waals surface area contributed by atoms with Gasteiger partial charge in [0.1, 0.15) is 22.7 Å². The van der Waals surface area contributed by atoms with Crippen LogP contribution in [0.15, 0.2) is 61.1 Å². The molecule has 0 atom stereocenters. The summed E-state index contributed by atoms with van der Waals surface area (Å²) in [5.74, 6) is -0.666. The minimum absolute atomic E-state index is 0.166. The zero-order valence-electron chi connectivity index (χ0n) is 16.3. The average Bonchev–Trinajstić information content (AvgIpc) is 3.18. The molecule has 2 N–H and O–H groups in total. The fraction of sp³-hybridized carbons (Fsp3) is 0. The highest BCUT2D eigenvalue weighted by molar-refractivity contribution is 6.39. The van der Waals surface area contributed by atoms with Crippen LogP contribution in [-0.2, 0) is 0 Å². The Balaban J connectivity index is 1.80. The van der Waals surface area contributed by atoms with E-state index < -0.39 is 5.91 Å². The van der Waals surface area contributed by atoms with Crippen LogP contribution in [0.4, 0.5) is 0 Å². The summed E-state index contributed by atoms with van der Waals surface area (Å²) in [6, 6.07) is 12.1. The molecular formula is C23H13Cl2N5O2. The minimum Gasteiger partial charge on any atom is -0.364 e. The lowest BCUT2D eigenvalue weighted by Gasteiger charge is -2.06. The van der Waals surface area contributed by atoms with Crippen LogP contribution in [0.25, 0.3) is 38.9 Å². The molecule has 0 aliphatic rings. The lowest BCUT2D eigenvalue weighted by atomic mass is 10.1. The van der Waals surface area contributed by atoms with E-state index in [9.17, 15) is 9.59 Å². The van der Waals surface area contributed by atoms with Gasteiger partial charge in [-0.1, -0.05) is 35.3 Å². The number of aldehydes is 1. The normalized spacial score (nSPS) is 11.2. The number of halogens is 2. The predicted molar refractivity (Wildman–Crippen MR) is 123 cm³/mol. The number of hydrogen-bond donors (Lipinski definition) is 1. The van der Waals surface area contributed by atoms with E-state index in [4.69, 9.17) is 33.9 Å². The van der Waals surface area contributed by atoms with E-state index >= 15 is 0 Å². The summed E-state index contributed by atoms with van der Waals surface area (Å²) < 4.78 is 1.61. The van der Waals surface area contributed by atoms with E-state index in [1.54, 1.807) is 59.4 Å². The summed E-state index contributed by atoms with van der Waals surface area (Å²) in [5, 5.41) is 1.40. The van der Waals surface area contributed by atoms with E-state index in [-0.39, 0.29) is 5.69 Å². The Kier molecular flexibility index (Phi) is 4.84. The van der Waals surface area contributed by atoms with Gasteiger partial charge in [0.25, 0.3) is 5.91 Å². The molecule has 0 radical (unpaired) electrons. The Labute approximate surface area is 191 Å². The van der Waals surface area contributed by atoms with Crippen molar-refractivity contribution in [1.82, 2.24) is 19.4 Å². The number of benzene rings is 1. The lowest BCUT2D eigenvalue weighted by molar-refractivity contribution is 0.0995. The van der Waals surface area contributed by atoms with E-state index in [1.807, 2.05) is 6.07 Å². The second-order valence-corrected chi connectivity index (χ2v) is 7.84. The molecule has 9 heteroatoms. The third-order valence-corrected chi connectivity index (χ3v) is 5.76. The van der Waals surface area contributed by atoms with E-state index in [2.05, 4.69) is 9.97 Å². The highest BCUT2D eigenvalue weighted by Crippen LogP contribution is 2.37. The number of pyridine rings is 3. The van der Waals surface area contributed by atoms with Gasteiger partial charge in [0, 0.05) is 40.7 Å². The fourth-order valence-corrected chi connectivity index (χ4v) is 4.21. The summed E-state index contributed by atoms with van der Waals surface area (Å²) >= 11 is 12.8. The molecule has 0 saturated heterocycles. The highest BCUT2D eigenvalue weighted by atomic mass is 35.5. The molecule has 0 spiro atoms. The number of amides is 1. The molecule has 0 unspecified atom stereocenters. The first-order valence-electron chi connectivity index (χ1n) is 9.44. The molecule has 1 aromatic carbocycles. The van der Waals surface area contributed by atoms with E-state index in [0.717, 1.165) is 11.1 Å². The number of aromatic nitrogens is 4. The molecule has 0 aliphatic heterocycles. The van der Waals surface area contributed by atoms with Gasteiger partial charge in [-0.3, -0.25) is 24.0 Å². The van der Waals surface area contributed by atoms with Gasteiger partial charge in [-0.15, -0.1) is 0 Å². The van der Waals surface area contributed by atoms with E-state index in [0.29, 0.717) is 49.8 Å². The molecule has 4 aromatic heterocycles. The largest absolute Gasteiger partial charge is 0.364 e. The van der Waals surface area contributed by atoms with Crippen LogP contribution in [0.3, 0.4) is 0 Å². The molecule has 156 valence electrons. The zero-order chi connectivity index (χ0) is 22.4. The van der Waals surface area contributed by atoms with Crippen LogP contribution in [0, 0.1) is 0 Å². The lowest BCUT2D eigenvalue weighted by Crippen LogP contribution is -2.15. The summed E-state index contributed by atoms with van der Waals surface area (Å²) in [6.07, 6.45) is 5.68. The number of rotatable bonds is 4. The van der Waals surface area contributed by atoms with Crippen LogP contribution in [0.1, 0.15) is 21.0 Å². The first-order chi connectivity index (χ1) is 15.5. The van der Waals surface area contributed by atoms with Crippen LogP contribution in [-0.4, -0.2) is 31.5 Å². The number of nitrogens with zero attached hydrogens (tertiary/aromatic N) is 4. The van der Waals surface area contributed by atoms with Crippen molar-refractivity contribution in [1.29, 1.82) is 0 Å². The molecule has 32 heavy (non-hydrogen) atoms. The molecule has 0 fully saturated rings. The molecule has 4 heterocycles. The Morgan fingerprint density at radius 2 is 1.75 bits per heavy atom. The van der Waals surface area contributed by atoms with Crippen molar-refractivity contribution in [3.05, 3.63) is 82.5 Å². The van der Waals surface area contributed by atoms with Gasteiger partial charge in [-0.05, 0) is 30.3 Å². The minimum atomic E-state index is -0.666.